The molecular formula is C10H16N2O3S. The molecule has 0 bridgehead atoms. The van der Waals surface area contributed by atoms with Crippen molar-refractivity contribution in [2.75, 3.05) is 25.1 Å². The van der Waals surface area contributed by atoms with E-state index in [2.05, 4.69) is 4.98 Å². The van der Waals surface area contributed by atoms with E-state index in [-0.39, 0.29) is 11.0 Å². The molecule has 6 heteroatoms. The molecule has 16 heavy (non-hydrogen) atoms. The molecule has 0 amide bonds. The highest BCUT2D eigenvalue weighted by Gasteiger charge is 2.11. The van der Waals surface area contributed by atoms with Gasteiger partial charge in [0.05, 0.1) is 18.9 Å². The van der Waals surface area contributed by atoms with Crippen LogP contribution in [0.1, 0.15) is 23.5 Å². The van der Waals surface area contributed by atoms with Gasteiger partial charge in [-0.15, -0.1) is 0 Å². The highest BCUT2D eigenvalue weighted by atomic mass is 32.1. The van der Waals surface area contributed by atoms with E-state index in [4.69, 9.17) is 9.84 Å². The number of nitrogens with zero attached hydrogens (tertiary/aromatic N) is 2. The Morgan fingerprint density at radius 3 is 2.88 bits per heavy atom. The van der Waals surface area contributed by atoms with E-state index in [1.807, 2.05) is 25.8 Å². The smallest absolute Gasteiger partial charge is 0.347 e. The van der Waals surface area contributed by atoms with Crippen molar-refractivity contribution < 1.29 is 14.6 Å². The summed E-state index contributed by atoms with van der Waals surface area (Å²) in [4.78, 5) is 16.9. The van der Waals surface area contributed by atoms with Crippen LogP contribution in [0.2, 0.25) is 0 Å². The summed E-state index contributed by atoms with van der Waals surface area (Å²) in [6, 6.07) is 0. The number of carboxylic acids is 1. The molecule has 5 nitrogen and oxygen atoms in total. The Bertz CT molecular complexity index is 352. The molecule has 0 aliphatic heterocycles. The molecule has 1 aromatic rings. The molecule has 0 spiro atoms. The van der Waals surface area contributed by atoms with Crippen LogP contribution in [0.5, 0.6) is 0 Å². The summed E-state index contributed by atoms with van der Waals surface area (Å²) in [6.07, 6.45) is 1.58. The number of carboxylic acid groups (broad SMARTS) is 1. The van der Waals surface area contributed by atoms with Crippen molar-refractivity contribution in [2.24, 2.45) is 0 Å². The SMILES string of the molecule is CC(C)OCCN(C)c1ncc(C(=O)O)s1. The van der Waals surface area contributed by atoms with Crippen LogP contribution in [0.3, 0.4) is 0 Å². The lowest BCUT2D eigenvalue weighted by Gasteiger charge is -2.16. The molecule has 0 aliphatic rings. The number of aromatic nitrogens is 1. The van der Waals surface area contributed by atoms with E-state index >= 15 is 0 Å². The maximum atomic E-state index is 10.7. The van der Waals surface area contributed by atoms with Gasteiger partial charge in [0.25, 0.3) is 0 Å². The van der Waals surface area contributed by atoms with Gasteiger partial charge in [-0.3, -0.25) is 0 Å². The second kappa shape index (κ2) is 5.81. The minimum atomic E-state index is -0.935. The van der Waals surface area contributed by atoms with E-state index in [0.29, 0.717) is 18.3 Å². The third-order valence-corrected chi connectivity index (χ3v) is 3.01. The largest absolute Gasteiger partial charge is 0.477 e. The van der Waals surface area contributed by atoms with Gasteiger partial charge >= 0.3 is 5.97 Å². The number of likely N-dealkylation sites (N-methyl/N-ethyl adjacent to an activating group) is 1. The van der Waals surface area contributed by atoms with Crippen LogP contribution in [0, 0.1) is 0 Å². The van der Waals surface area contributed by atoms with E-state index in [9.17, 15) is 4.79 Å². The first-order valence-electron chi connectivity index (χ1n) is 5.02. The number of rotatable bonds is 6. The number of thiazole rings is 1. The van der Waals surface area contributed by atoms with E-state index in [0.717, 1.165) is 0 Å². The number of anilines is 1. The fourth-order valence-electron chi connectivity index (χ4n) is 1.06. The Hall–Kier alpha value is -1.14. The average Bonchev–Trinajstić information content (AvgIpc) is 2.65. The van der Waals surface area contributed by atoms with Crippen LogP contribution in [0.4, 0.5) is 5.13 Å². The van der Waals surface area contributed by atoms with Crippen LogP contribution in [0.25, 0.3) is 0 Å². The summed E-state index contributed by atoms with van der Waals surface area (Å²) in [5.74, 6) is -0.935. The number of carbonyl (C=O) groups is 1. The van der Waals surface area contributed by atoms with Gasteiger partial charge in [-0.25, -0.2) is 9.78 Å². The van der Waals surface area contributed by atoms with Crippen LogP contribution < -0.4 is 4.90 Å². The second-order valence-electron chi connectivity index (χ2n) is 3.65. The Morgan fingerprint density at radius 2 is 2.38 bits per heavy atom. The number of hydrogen-bond donors (Lipinski definition) is 1. The Labute approximate surface area is 98.7 Å². The second-order valence-corrected chi connectivity index (χ2v) is 4.66. The Morgan fingerprint density at radius 1 is 1.69 bits per heavy atom. The van der Waals surface area contributed by atoms with Gasteiger partial charge in [-0.1, -0.05) is 11.3 Å². The molecule has 1 heterocycles. The standard InChI is InChI=1S/C10H16N2O3S/c1-7(2)15-5-4-12(3)10-11-6-8(16-10)9(13)14/h6-7H,4-5H2,1-3H3,(H,13,14). The van der Waals surface area contributed by atoms with E-state index < -0.39 is 5.97 Å². The van der Waals surface area contributed by atoms with Gasteiger partial charge < -0.3 is 14.7 Å². The number of aromatic carboxylic acids is 1. The average molecular weight is 244 g/mol. The van der Waals surface area contributed by atoms with Gasteiger partial charge in [0.1, 0.15) is 4.88 Å². The fraction of sp³-hybridized carbons (Fsp3) is 0.600. The van der Waals surface area contributed by atoms with Gasteiger partial charge in [0, 0.05) is 13.6 Å². The van der Waals surface area contributed by atoms with E-state index in [1.54, 1.807) is 0 Å². The third kappa shape index (κ3) is 3.79. The van der Waals surface area contributed by atoms with Crippen molar-refractivity contribution >= 4 is 22.4 Å². The van der Waals surface area contributed by atoms with Crippen molar-refractivity contribution in [3.63, 3.8) is 0 Å². The van der Waals surface area contributed by atoms with Crippen molar-refractivity contribution in [3.8, 4) is 0 Å². The molecule has 90 valence electrons. The lowest BCUT2D eigenvalue weighted by Crippen LogP contribution is -2.23. The molecule has 0 aliphatic carbocycles. The highest BCUT2D eigenvalue weighted by molar-refractivity contribution is 7.17. The fourth-order valence-corrected chi connectivity index (χ4v) is 1.80. The first-order chi connectivity index (χ1) is 7.50. The molecule has 0 atom stereocenters. The van der Waals surface area contributed by atoms with Gasteiger partial charge in [0.15, 0.2) is 5.13 Å². The monoisotopic (exact) mass is 244 g/mol. The van der Waals surface area contributed by atoms with Gasteiger partial charge in [-0.2, -0.15) is 0 Å². The van der Waals surface area contributed by atoms with Crippen molar-refractivity contribution in [1.82, 2.24) is 4.98 Å². The summed E-state index contributed by atoms with van der Waals surface area (Å²) in [5, 5.41) is 9.45. The summed E-state index contributed by atoms with van der Waals surface area (Å²) in [5.41, 5.74) is 0. The highest BCUT2D eigenvalue weighted by Crippen LogP contribution is 2.20. The third-order valence-electron chi connectivity index (χ3n) is 1.91. The van der Waals surface area contributed by atoms with Gasteiger partial charge in [-0.05, 0) is 13.8 Å². The summed E-state index contributed by atoms with van der Waals surface area (Å²) in [7, 11) is 1.87. The topological polar surface area (TPSA) is 62.7 Å². The zero-order chi connectivity index (χ0) is 12.1. The normalized spacial score (nSPS) is 10.8. The lowest BCUT2D eigenvalue weighted by atomic mass is 10.5. The van der Waals surface area contributed by atoms with Crippen LogP contribution in [-0.2, 0) is 4.74 Å². The Balaban J connectivity index is 2.46. The summed E-state index contributed by atoms with van der Waals surface area (Å²) in [6.45, 7) is 5.26. The minimum Gasteiger partial charge on any atom is -0.477 e. The molecule has 1 rings (SSSR count). The number of hydrogen-bond acceptors (Lipinski definition) is 5. The van der Waals surface area contributed by atoms with Gasteiger partial charge in [0.2, 0.25) is 0 Å². The molecule has 0 fully saturated rings. The zero-order valence-electron chi connectivity index (χ0n) is 9.64. The van der Waals surface area contributed by atoms with Crippen LogP contribution in [0.15, 0.2) is 6.20 Å². The quantitative estimate of drug-likeness (QED) is 0.825. The minimum absolute atomic E-state index is 0.208. The molecule has 0 saturated carbocycles. The lowest BCUT2D eigenvalue weighted by molar-refractivity contribution is 0.0702. The molecule has 0 unspecified atom stereocenters. The van der Waals surface area contributed by atoms with Crippen LogP contribution in [-0.4, -0.2) is 42.4 Å². The summed E-state index contributed by atoms with van der Waals surface area (Å²) < 4.78 is 5.41. The van der Waals surface area contributed by atoms with Crippen molar-refractivity contribution in [3.05, 3.63) is 11.1 Å². The predicted molar refractivity (Wildman–Crippen MR) is 63.4 cm³/mol. The van der Waals surface area contributed by atoms with Crippen molar-refractivity contribution in [2.45, 2.75) is 20.0 Å². The summed E-state index contributed by atoms with van der Waals surface area (Å²) >= 11 is 1.17. The molecule has 0 aromatic carbocycles. The maximum Gasteiger partial charge on any atom is 0.347 e. The Kier molecular flexibility index (Phi) is 4.70. The predicted octanol–water partition coefficient (Wildman–Crippen LogP) is 1.70. The molecule has 0 saturated heterocycles. The zero-order valence-corrected chi connectivity index (χ0v) is 10.5. The molecule has 1 aromatic heterocycles. The molecular weight excluding hydrogens is 228 g/mol. The van der Waals surface area contributed by atoms with Crippen LogP contribution >= 0.6 is 11.3 Å². The molecule has 1 N–H and O–H groups in total. The molecule has 0 radical (unpaired) electrons. The first kappa shape index (κ1) is 12.9. The maximum absolute atomic E-state index is 10.7. The first-order valence-corrected chi connectivity index (χ1v) is 5.84. The van der Waals surface area contributed by atoms with E-state index in [1.165, 1.54) is 17.5 Å². The van der Waals surface area contributed by atoms with Crippen molar-refractivity contribution in [1.29, 1.82) is 0 Å². The number of ether oxygens (including phenoxy) is 1.